The largest absolute Gasteiger partial charge is 0.396 e. The number of aliphatic hydroxyl groups excluding tert-OH is 1. The van der Waals surface area contributed by atoms with Crippen molar-refractivity contribution in [2.75, 3.05) is 18.5 Å². The Morgan fingerprint density at radius 3 is 2.61 bits per heavy atom. The van der Waals surface area contributed by atoms with E-state index in [4.69, 9.17) is 0 Å². The summed E-state index contributed by atoms with van der Waals surface area (Å²) < 4.78 is 0. The van der Waals surface area contributed by atoms with Gasteiger partial charge in [-0.3, -0.25) is 4.79 Å². The van der Waals surface area contributed by atoms with Crippen LogP contribution in [0.15, 0.2) is 53.3 Å². The van der Waals surface area contributed by atoms with Crippen LogP contribution in [0.5, 0.6) is 0 Å². The third kappa shape index (κ3) is 4.58. The summed E-state index contributed by atoms with van der Waals surface area (Å²) in [6, 6.07) is 14.7. The van der Waals surface area contributed by atoms with Gasteiger partial charge in [0.25, 0.3) is 5.56 Å². The Kier molecular flexibility index (Phi) is 6.11. The number of H-pyrrole nitrogens is 1. The SMILES string of the molecule is Cc1cc(C)c2cc(CN(CCCO)C(=O)Nc3ccccc3)c(=O)[nH]c2c1. The number of nitrogens with zero attached hydrogens (tertiary/aromatic N) is 1. The van der Waals surface area contributed by atoms with Crippen LogP contribution in [-0.4, -0.2) is 34.2 Å². The summed E-state index contributed by atoms with van der Waals surface area (Å²) in [6.45, 7) is 4.48. The summed E-state index contributed by atoms with van der Waals surface area (Å²) in [6.07, 6.45) is 0.436. The van der Waals surface area contributed by atoms with E-state index in [-0.39, 0.29) is 24.7 Å². The summed E-state index contributed by atoms with van der Waals surface area (Å²) in [5, 5.41) is 13.0. The Hall–Kier alpha value is -3.12. The molecule has 3 N–H and O–H groups in total. The summed E-state index contributed by atoms with van der Waals surface area (Å²) >= 11 is 0. The van der Waals surface area contributed by atoms with Crippen LogP contribution in [0.25, 0.3) is 10.9 Å². The highest BCUT2D eigenvalue weighted by atomic mass is 16.3. The molecule has 0 spiro atoms. The normalized spacial score (nSPS) is 10.8. The quantitative estimate of drug-likeness (QED) is 0.612. The molecule has 146 valence electrons. The van der Waals surface area contributed by atoms with Gasteiger partial charge in [0.2, 0.25) is 0 Å². The van der Waals surface area contributed by atoms with E-state index in [0.717, 1.165) is 22.0 Å². The fraction of sp³-hybridized carbons (Fsp3) is 0.273. The first-order chi connectivity index (χ1) is 13.5. The Morgan fingerprint density at radius 2 is 1.89 bits per heavy atom. The van der Waals surface area contributed by atoms with Gasteiger partial charge in [0.15, 0.2) is 0 Å². The maximum absolute atomic E-state index is 12.7. The monoisotopic (exact) mass is 379 g/mol. The van der Waals surface area contributed by atoms with Gasteiger partial charge < -0.3 is 20.3 Å². The summed E-state index contributed by atoms with van der Waals surface area (Å²) in [5.41, 5.74) is 3.94. The Labute approximate surface area is 163 Å². The van der Waals surface area contributed by atoms with Gasteiger partial charge in [-0.25, -0.2) is 4.79 Å². The summed E-state index contributed by atoms with van der Waals surface area (Å²) in [5.74, 6) is 0. The van der Waals surface area contributed by atoms with Crippen LogP contribution in [0.4, 0.5) is 10.5 Å². The standard InChI is InChI=1S/C22H25N3O3/c1-15-11-16(2)19-13-17(21(27)24-20(19)12-15)14-25(9-6-10-26)22(28)23-18-7-4-3-5-8-18/h3-5,7-8,11-13,26H,6,9-10,14H2,1-2H3,(H,23,28)(H,24,27). The molecule has 6 nitrogen and oxygen atoms in total. The highest BCUT2D eigenvalue weighted by Crippen LogP contribution is 2.19. The van der Waals surface area contributed by atoms with E-state index < -0.39 is 0 Å². The van der Waals surface area contributed by atoms with Crippen molar-refractivity contribution in [3.05, 3.63) is 75.6 Å². The Morgan fingerprint density at radius 1 is 1.14 bits per heavy atom. The second-order valence-corrected chi connectivity index (χ2v) is 6.96. The molecule has 0 aliphatic rings. The van der Waals surface area contributed by atoms with Crippen LogP contribution in [0.1, 0.15) is 23.1 Å². The Balaban J connectivity index is 1.88. The topological polar surface area (TPSA) is 85.4 Å². The minimum Gasteiger partial charge on any atom is -0.396 e. The first-order valence-corrected chi connectivity index (χ1v) is 9.33. The lowest BCUT2D eigenvalue weighted by atomic mass is 10.0. The van der Waals surface area contributed by atoms with E-state index in [0.29, 0.717) is 24.2 Å². The van der Waals surface area contributed by atoms with Gasteiger partial charge in [0.05, 0.1) is 6.54 Å². The maximum Gasteiger partial charge on any atom is 0.322 e. The number of hydrogen-bond donors (Lipinski definition) is 3. The molecule has 0 radical (unpaired) electrons. The summed E-state index contributed by atoms with van der Waals surface area (Å²) in [4.78, 5) is 29.8. The van der Waals surface area contributed by atoms with Gasteiger partial charge in [-0.1, -0.05) is 24.3 Å². The van der Waals surface area contributed by atoms with Gasteiger partial charge in [0, 0.05) is 35.3 Å². The van der Waals surface area contributed by atoms with E-state index in [9.17, 15) is 14.7 Å². The predicted octanol–water partition coefficient (Wildman–Crippen LogP) is 3.56. The molecule has 0 atom stereocenters. The van der Waals surface area contributed by atoms with Crippen molar-refractivity contribution in [2.24, 2.45) is 0 Å². The maximum atomic E-state index is 12.7. The lowest BCUT2D eigenvalue weighted by Gasteiger charge is -2.23. The summed E-state index contributed by atoms with van der Waals surface area (Å²) in [7, 11) is 0. The van der Waals surface area contributed by atoms with Crippen molar-refractivity contribution in [1.82, 2.24) is 9.88 Å². The number of urea groups is 1. The third-order valence-electron chi connectivity index (χ3n) is 4.65. The number of rotatable bonds is 6. The molecule has 0 saturated heterocycles. The van der Waals surface area contributed by atoms with Crippen LogP contribution < -0.4 is 10.9 Å². The first-order valence-electron chi connectivity index (χ1n) is 9.33. The zero-order valence-corrected chi connectivity index (χ0v) is 16.2. The molecule has 3 rings (SSSR count). The molecule has 0 aliphatic carbocycles. The molecular formula is C22H25N3O3. The van der Waals surface area contributed by atoms with Crippen molar-refractivity contribution in [2.45, 2.75) is 26.8 Å². The molecule has 0 saturated carbocycles. The van der Waals surface area contributed by atoms with Crippen molar-refractivity contribution in [3.63, 3.8) is 0 Å². The number of aromatic amines is 1. The molecule has 1 heterocycles. The molecule has 0 unspecified atom stereocenters. The molecule has 1 aromatic heterocycles. The number of hydrogen-bond acceptors (Lipinski definition) is 3. The van der Waals surface area contributed by atoms with Crippen molar-refractivity contribution < 1.29 is 9.90 Å². The molecule has 0 aliphatic heterocycles. The second-order valence-electron chi connectivity index (χ2n) is 6.96. The van der Waals surface area contributed by atoms with Crippen molar-refractivity contribution in [1.29, 1.82) is 0 Å². The number of aliphatic hydroxyl groups is 1. The average Bonchev–Trinajstić information content (AvgIpc) is 2.66. The van der Waals surface area contributed by atoms with Gasteiger partial charge in [-0.15, -0.1) is 0 Å². The molecule has 3 aromatic rings. The number of pyridine rings is 1. The zero-order valence-electron chi connectivity index (χ0n) is 16.2. The number of nitrogens with one attached hydrogen (secondary N) is 2. The van der Waals surface area contributed by atoms with Gasteiger partial charge in [-0.05, 0) is 55.7 Å². The van der Waals surface area contributed by atoms with Crippen molar-refractivity contribution in [3.8, 4) is 0 Å². The number of carbonyl (C=O) groups excluding carboxylic acids is 1. The first kappa shape index (κ1) is 19.6. The van der Waals surface area contributed by atoms with Crippen LogP contribution in [-0.2, 0) is 6.54 Å². The number of carbonyl (C=O) groups is 1. The number of aromatic nitrogens is 1. The van der Waals surface area contributed by atoms with Crippen molar-refractivity contribution >= 4 is 22.6 Å². The third-order valence-corrected chi connectivity index (χ3v) is 4.65. The van der Waals surface area contributed by atoms with E-state index in [2.05, 4.69) is 16.4 Å². The number of benzene rings is 2. The fourth-order valence-electron chi connectivity index (χ4n) is 3.28. The number of para-hydroxylation sites is 1. The van der Waals surface area contributed by atoms with Gasteiger partial charge in [-0.2, -0.15) is 0 Å². The van der Waals surface area contributed by atoms with Crippen LogP contribution in [0, 0.1) is 13.8 Å². The number of fused-ring (bicyclic) bond motifs is 1. The van der Waals surface area contributed by atoms with Gasteiger partial charge in [0.1, 0.15) is 0 Å². The fourth-order valence-corrected chi connectivity index (χ4v) is 3.28. The van der Waals surface area contributed by atoms with Crippen LogP contribution >= 0.6 is 0 Å². The molecule has 6 heteroatoms. The molecule has 0 fully saturated rings. The number of anilines is 1. The molecule has 2 aromatic carbocycles. The zero-order chi connectivity index (χ0) is 20.1. The van der Waals surface area contributed by atoms with E-state index in [1.807, 2.05) is 44.2 Å². The lowest BCUT2D eigenvalue weighted by molar-refractivity contribution is 0.199. The van der Waals surface area contributed by atoms with E-state index >= 15 is 0 Å². The van der Waals surface area contributed by atoms with Crippen LogP contribution in [0.2, 0.25) is 0 Å². The number of aryl methyl sites for hydroxylation is 2. The number of amides is 2. The van der Waals surface area contributed by atoms with E-state index in [1.54, 1.807) is 17.0 Å². The molecular weight excluding hydrogens is 354 g/mol. The average molecular weight is 379 g/mol. The smallest absolute Gasteiger partial charge is 0.322 e. The lowest BCUT2D eigenvalue weighted by Crippen LogP contribution is -2.37. The molecule has 0 bridgehead atoms. The Bertz CT molecular complexity index is 1030. The highest BCUT2D eigenvalue weighted by molar-refractivity contribution is 5.89. The van der Waals surface area contributed by atoms with E-state index in [1.165, 1.54) is 0 Å². The minimum atomic E-state index is -0.306. The van der Waals surface area contributed by atoms with Crippen LogP contribution in [0.3, 0.4) is 0 Å². The molecule has 28 heavy (non-hydrogen) atoms. The minimum absolute atomic E-state index is 0.0262. The predicted molar refractivity (Wildman–Crippen MR) is 112 cm³/mol. The van der Waals surface area contributed by atoms with Gasteiger partial charge >= 0.3 is 6.03 Å². The highest BCUT2D eigenvalue weighted by Gasteiger charge is 2.16. The molecule has 2 amide bonds. The second kappa shape index (κ2) is 8.71.